The van der Waals surface area contributed by atoms with Gasteiger partial charge in [-0.25, -0.2) is 0 Å². The van der Waals surface area contributed by atoms with Gasteiger partial charge in [-0.15, -0.1) is 11.8 Å². The van der Waals surface area contributed by atoms with Gasteiger partial charge in [-0.3, -0.25) is 0 Å². The SMILES string of the molecule is CCC(C(F)(F)F)C(C)(C)CCOC(C)(C)CSCN. The molecule has 0 spiro atoms. The van der Waals surface area contributed by atoms with Crippen LogP contribution < -0.4 is 5.73 Å². The standard InChI is InChI=1S/C14H28F3NOS/c1-6-11(14(15,16)17)12(2,3)7-8-19-13(4,5)9-20-10-18/h11H,6-10,18H2,1-5H3. The summed E-state index contributed by atoms with van der Waals surface area (Å²) in [5, 5.41) is 0. The lowest BCUT2D eigenvalue weighted by molar-refractivity contribution is -0.206. The van der Waals surface area contributed by atoms with Crippen LogP contribution in [-0.2, 0) is 4.74 Å². The molecule has 6 heteroatoms. The third-order valence-electron chi connectivity index (χ3n) is 3.55. The van der Waals surface area contributed by atoms with Gasteiger partial charge in [0.25, 0.3) is 0 Å². The van der Waals surface area contributed by atoms with Crippen LogP contribution in [0.1, 0.15) is 47.5 Å². The van der Waals surface area contributed by atoms with Gasteiger partial charge in [0, 0.05) is 18.2 Å². The highest BCUT2D eigenvalue weighted by Gasteiger charge is 2.47. The van der Waals surface area contributed by atoms with Crippen molar-refractivity contribution in [3.63, 3.8) is 0 Å². The maximum Gasteiger partial charge on any atom is 0.392 e. The molecule has 0 aliphatic rings. The molecule has 0 aliphatic heterocycles. The van der Waals surface area contributed by atoms with Gasteiger partial charge < -0.3 is 10.5 Å². The first-order valence-corrected chi connectivity index (χ1v) is 8.10. The molecule has 2 nitrogen and oxygen atoms in total. The zero-order chi connectivity index (χ0) is 16.0. The molecule has 0 bridgehead atoms. The summed E-state index contributed by atoms with van der Waals surface area (Å²) in [6.45, 7) is 9.12. The maximum atomic E-state index is 13.0. The molecule has 0 aromatic heterocycles. The zero-order valence-electron chi connectivity index (χ0n) is 13.1. The fourth-order valence-corrected chi connectivity index (χ4v) is 3.03. The molecule has 1 unspecified atom stereocenters. The van der Waals surface area contributed by atoms with E-state index in [2.05, 4.69) is 0 Å². The molecule has 0 aromatic rings. The third-order valence-corrected chi connectivity index (χ3v) is 4.69. The van der Waals surface area contributed by atoms with Crippen molar-refractivity contribution in [2.45, 2.75) is 59.2 Å². The van der Waals surface area contributed by atoms with Crippen molar-refractivity contribution in [1.29, 1.82) is 0 Å². The van der Waals surface area contributed by atoms with Crippen molar-refractivity contribution in [3.05, 3.63) is 0 Å². The minimum Gasteiger partial charge on any atom is -0.375 e. The molecule has 0 amide bonds. The molecular formula is C14H28F3NOS. The lowest BCUT2D eigenvalue weighted by atomic mass is 9.74. The Bertz CT molecular complexity index is 280. The number of hydrogen-bond acceptors (Lipinski definition) is 3. The first-order chi connectivity index (χ1) is 8.96. The van der Waals surface area contributed by atoms with Gasteiger partial charge >= 0.3 is 6.18 Å². The Morgan fingerprint density at radius 3 is 2.10 bits per heavy atom. The first-order valence-electron chi connectivity index (χ1n) is 6.95. The zero-order valence-corrected chi connectivity index (χ0v) is 14.0. The second-order valence-corrected chi connectivity index (χ2v) is 7.39. The summed E-state index contributed by atoms with van der Waals surface area (Å²) in [7, 11) is 0. The molecule has 1 atom stereocenters. The highest BCUT2D eigenvalue weighted by Crippen LogP contribution is 2.44. The minimum atomic E-state index is -4.15. The molecule has 0 saturated heterocycles. The van der Waals surface area contributed by atoms with E-state index in [4.69, 9.17) is 10.5 Å². The summed E-state index contributed by atoms with van der Waals surface area (Å²) in [6, 6.07) is 0. The fourth-order valence-electron chi connectivity index (χ4n) is 2.34. The summed E-state index contributed by atoms with van der Waals surface area (Å²) in [4.78, 5) is 0. The topological polar surface area (TPSA) is 35.2 Å². The number of halogens is 3. The molecule has 0 saturated carbocycles. The van der Waals surface area contributed by atoms with Crippen molar-refractivity contribution >= 4 is 11.8 Å². The monoisotopic (exact) mass is 315 g/mol. The number of ether oxygens (including phenoxy) is 1. The van der Waals surface area contributed by atoms with Crippen LogP contribution in [0.4, 0.5) is 13.2 Å². The van der Waals surface area contributed by atoms with Gasteiger partial charge in [-0.1, -0.05) is 20.8 Å². The number of nitrogens with two attached hydrogens (primary N) is 1. The molecule has 20 heavy (non-hydrogen) atoms. The number of hydrogen-bond donors (Lipinski definition) is 1. The summed E-state index contributed by atoms with van der Waals surface area (Å²) in [6.07, 6.45) is -3.66. The Morgan fingerprint density at radius 2 is 1.70 bits per heavy atom. The van der Waals surface area contributed by atoms with E-state index in [0.717, 1.165) is 5.75 Å². The van der Waals surface area contributed by atoms with E-state index in [1.54, 1.807) is 32.5 Å². The molecule has 0 aromatic carbocycles. The fraction of sp³-hybridized carbons (Fsp3) is 1.00. The Morgan fingerprint density at radius 1 is 1.15 bits per heavy atom. The van der Waals surface area contributed by atoms with E-state index in [-0.39, 0.29) is 12.0 Å². The number of rotatable bonds is 9. The van der Waals surface area contributed by atoms with Crippen molar-refractivity contribution in [1.82, 2.24) is 0 Å². The molecule has 0 fully saturated rings. The molecule has 122 valence electrons. The number of thioether (sulfide) groups is 1. The van der Waals surface area contributed by atoms with Gasteiger partial charge in [0.05, 0.1) is 11.5 Å². The average Bonchev–Trinajstić information content (AvgIpc) is 2.24. The summed E-state index contributed by atoms with van der Waals surface area (Å²) >= 11 is 1.56. The summed E-state index contributed by atoms with van der Waals surface area (Å²) in [5.74, 6) is -0.0369. The van der Waals surface area contributed by atoms with E-state index >= 15 is 0 Å². The van der Waals surface area contributed by atoms with E-state index in [1.165, 1.54) is 0 Å². The van der Waals surface area contributed by atoms with Crippen molar-refractivity contribution < 1.29 is 17.9 Å². The van der Waals surface area contributed by atoms with Crippen LogP contribution in [-0.4, -0.2) is 30.0 Å². The lowest BCUT2D eigenvalue weighted by Gasteiger charge is -2.36. The average molecular weight is 315 g/mol. The third kappa shape index (κ3) is 7.18. The van der Waals surface area contributed by atoms with Crippen molar-refractivity contribution in [2.24, 2.45) is 17.1 Å². The first kappa shape index (κ1) is 20.1. The predicted molar refractivity (Wildman–Crippen MR) is 79.8 cm³/mol. The lowest BCUT2D eigenvalue weighted by Crippen LogP contribution is -2.38. The molecular weight excluding hydrogens is 287 g/mol. The van der Waals surface area contributed by atoms with E-state index in [1.807, 2.05) is 13.8 Å². The van der Waals surface area contributed by atoms with Gasteiger partial charge in [0.2, 0.25) is 0 Å². The smallest absolute Gasteiger partial charge is 0.375 e. The Labute approximate surface area is 125 Å². The van der Waals surface area contributed by atoms with Crippen LogP contribution in [0.3, 0.4) is 0 Å². The predicted octanol–water partition coefficient (Wildman–Crippen LogP) is 4.44. The normalized spacial score (nSPS) is 15.4. The van der Waals surface area contributed by atoms with Gasteiger partial charge in [0.15, 0.2) is 0 Å². The molecule has 2 N–H and O–H groups in total. The van der Waals surface area contributed by atoms with E-state index < -0.39 is 17.5 Å². The quantitative estimate of drug-likeness (QED) is 0.639. The van der Waals surface area contributed by atoms with Crippen LogP contribution in [0, 0.1) is 11.3 Å². The maximum absolute atomic E-state index is 13.0. The van der Waals surface area contributed by atoms with Crippen molar-refractivity contribution in [3.8, 4) is 0 Å². The second kappa shape index (κ2) is 7.90. The van der Waals surface area contributed by atoms with Crippen LogP contribution >= 0.6 is 11.8 Å². The summed E-state index contributed by atoms with van der Waals surface area (Å²) < 4.78 is 44.7. The van der Waals surface area contributed by atoms with Crippen LogP contribution in [0.2, 0.25) is 0 Å². The largest absolute Gasteiger partial charge is 0.392 e. The molecule has 0 radical (unpaired) electrons. The van der Waals surface area contributed by atoms with Crippen LogP contribution in [0.25, 0.3) is 0 Å². The molecule has 0 rings (SSSR count). The molecule has 0 heterocycles. The van der Waals surface area contributed by atoms with E-state index in [0.29, 0.717) is 18.9 Å². The highest BCUT2D eigenvalue weighted by molar-refractivity contribution is 7.99. The van der Waals surface area contributed by atoms with Crippen molar-refractivity contribution in [2.75, 3.05) is 18.2 Å². The summed E-state index contributed by atoms with van der Waals surface area (Å²) in [5.41, 5.74) is 4.25. The van der Waals surface area contributed by atoms with Gasteiger partial charge in [-0.2, -0.15) is 13.2 Å². The molecule has 0 aliphatic carbocycles. The van der Waals surface area contributed by atoms with Gasteiger partial charge in [0.1, 0.15) is 0 Å². The second-order valence-electron chi connectivity index (χ2n) is 6.36. The highest BCUT2D eigenvalue weighted by atomic mass is 32.2. The Hall–Kier alpha value is 0.0600. The van der Waals surface area contributed by atoms with Crippen LogP contribution in [0.15, 0.2) is 0 Å². The number of alkyl halides is 3. The van der Waals surface area contributed by atoms with Crippen LogP contribution in [0.5, 0.6) is 0 Å². The van der Waals surface area contributed by atoms with E-state index in [9.17, 15) is 13.2 Å². The van der Waals surface area contributed by atoms with Gasteiger partial charge in [-0.05, 0) is 32.1 Å². The Kier molecular flexibility index (Phi) is 7.92. The Balaban J connectivity index is 4.41. The minimum absolute atomic E-state index is 0.100.